The zero-order valence-corrected chi connectivity index (χ0v) is 12.8. The van der Waals surface area contributed by atoms with Crippen LogP contribution in [0.3, 0.4) is 0 Å². The summed E-state index contributed by atoms with van der Waals surface area (Å²) in [5.74, 6) is 0.807. The van der Waals surface area contributed by atoms with Crippen molar-refractivity contribution in [1.29, 1.82) is 0 Å². The summed E-state index contributed by atoms with van der Waals surface area (Å²) in [6.45, 7) is 0. The van der Waals surface area contributed by atoms with Crippen LogP contribution in [-0.4, -0.2) is 13.0 Å². The number of hydrogen-bond donors (Lipinski definition) is 1. The molecule has 0 aliphatic heterocycles. The second kappa shape index (κ2) is 6.83. The van der Waals surface area contributed by atoms with Gasteiger partial charge < -0.3 is 14.5 Å². The first-order valence-electron chi connectivity index (χ1n) is 7.32. The van der Waals surface area contributed by atoms with Crippen LogP contribution < -0.4 is 10.1 Å². The molecule has 1 amide bonds. The van der Waals surface area contributed by atoms with Crippen LogP contribution in [0.4, 0.5) is 5.69 Å². The zero-order chi connectivity index (χ0) is 16.1. The molecule has 0 unspecified atom stereocenters. The molecule has 1 heterocycles. The molecule has 4 nitrogen and oxygen atoms in total. The van der Waals surface area contributed by atoms with Gasteiger partial charge in [0, 0.05) is 17.7 Å². The minimum atomic E-state index is -0.272. The van der Waals surface area contributed by atoms with E-state index < -0.39 is 0 Å². The maximum absolute atomic E-state index is 12.1. The van der Waals surface area contributed by atoms with E-state index in [0.717, 1.165) is 17.7 Å². The third-order valence-electron chi connectivity index (χ3n) is 3.52. The van der Waals surface area contributed by atoms with Gasteiger partial charge in [0.1, 0.15) is 5.75 Å². The Morgan fingerprint density at radius 2 is 1.91 bits per heavy atom. The second-order valence-electron chi connectivity index (χ2n) is 5.12. The molecular formula is C19H17NO3. The van der Waals surface area contributed by atoms with Gasteiger partial charge in [-0.2, -0.15) is 0 Å². The van der Waals surface area contributed by atoms with Crippen LogP contribution in [0.15, 0.2) is 71.3 Å². The minimum absolute atomic E-state index is 0.272. The quantitative estimate of drug-likeness (QED) is 0.771. The highest BCUT2D eigenvalue weighted by Gasteiger charge is 2.11. The third-order valence-corrected chi connectivity index (χ3v) is 3.52. The van der Waals surface area contributed by atoms with Crippen LogP contribution in [0.5, 0.6) is 5.75 Å². The van der Waals surface area contributed by atoms with Gasteiger partial charge in [0.25, 0.3) is 5.91 Å². The predicted octanol–water partition coefficient (Wildman–Crippen LogP) is 4.13. The van der Waals surface area contributed by atoms with Gasteiger partial charge in [-0.05, 0) is 35.9 Å². The summed E-state index contributed by atoms with van der Waals surface area (Å²) in [5.41, 5.74) is 2.90. The summed E-state index contributed by atoms with van der Waals surface area (Å²) in [6, 6.07) is 19.0. The number of carbonyl (C=O) groups is 1. The van der Waals surface area contributed by atoms with Gasteiger partial charge >= 0.3 is 0 Å². The molecular weight excluding hydrogens is 290 g/mol. The molecule has 0 spiro atoms. The first-order valence-corrected chi connectivity index (χ1v) is 7.32. The van der Waals surface area contributed by atoms with Crippen molar-refractivity contribution in [2.75, 3.05) is 12.4 Å². The average molecular weight is 307 g/mol. The second-order valence-corrected chi connectivity index (χ2v) is 5.12. The maximum atomic E-state index is 12.1. The van der Waals surface area contributed by atoms with E-state index in [1.807, 2.05) is 36.4 Å². The molecule has 116 valence electrons. The standard InChI is InChI=1S/C19H17NO3/c1-22-17-10-9-16(20-19(21)18-8-5-11-23-18)13-15(17)12-14-6-3-2-4-7-14/h2-11,13H,12H2,1H3,(H,20,21). The Morgan fingerprint density at radius 1 is 1.09 bits per heavy atom. The van der Waals surface area contributed by atoms with E-state index in [1.54, 1.807) is 19.2 Å². The lowest BCUT2D eigenvalue weighted by Gasteiger charge is -2.11. The number of furan rings is 1. The molecule has 3 rings (SSSR count). The molecule has 0 radical (unpaired) electrons. The molecule has 0 atom stereocenters. The smallest absolute Gasteiger partial charge is 0.291 e. The first-order chi connectivity index (χ1) is 11.3. The number of nitrogens with one attached hydrogen (secondary N) is 1. The Morgan fingerprint density at radius 3 is 2.61 bits per heavy atom. The van der Waals surface area contributed by atoms with Crippen molar-refractivity contribution in [2.45, 2.75) is 6.42 Å². The number of rotatable bonds is 5. The number of benzene rings is 2. The topological polar surface area (TPSA) is 51.5 Å². The molecule has 0 bridgehead atoms. The summed E-state index contributed by atoms with van der Waals surface area (Å²) < 4.78 is 10.5. The van der Waals surface area contributed by atoms with Crippen LogP contribution in [0, 0.1) is 0 Å². The summed E-state index contributed by atoms with van der Waals surface area (Å²) in [4.78, 5) is 12.1. The van der Waals surface area contributed by atoms with Gasteiger partial charge in [0.05, 0.1) is 13.4 Å². The highest BCUT2D eigenvalue weighted by Crippen LogP contribution is 2.25. The molecule has 0 fully saturated rings. The summed E-state index contributed by atoms with van der Waals surface area (Å²) >= 11 is 0. The number of ether oxygens (including phenoxy) is 1. The fourth-order valence-electron chi connectivity index (χ4n) is 2.41. The van der Waals surface area contributed by atoms with E-state index in [9.17, 15) is 4.79 Å². The molecule has 0 aliphatic rings. The van der Waals surface area contributed by atoms with E-state index in [1.165, 1.54) is 11.8 Å². The first kappa shape index (κ1) is 14.9. The van der Waals surface area contributed by atoms with Crippen molar-refractivity contribution in [3.8, 4) is 5.75 Å². The van der Waals surface area contributed by atoms with Gasteiger partial charge in [0.15, 0.2) is 5.76 Å². The predicted molar refractivity (Wildman–Crippen MR) is 88.9 cm³/mol. The molecule has 4 heteroatoms. The fraction of sp³-hybridized carbons (Fsp3) is 0.105. The largest absolute Gasteiger partial charge is 0.496 e. The average Bonchev–Trinajstić information content (AvgIpc) is 3.11. The summed E-state index contributed by atoms with van der Waals surface area (Å²) in [6.07, 6.45) is 2.21. The van der Waals surface area contributed by atoms with Gasteiger partial charge in [0.2, 0.25) is 0 Å². The van der Waals surface area contributed by atoms with Gasteiger partial charge in [-0.3, -0.25) is 4.79 Å². The highest BCUT2D eigenvalue weighted by atomic mass is 16.5. The fourth-order valence-corrected chi connectivity index (χ4v) is 2.41. The maximum Gasteiger partial charge on any atom is 0.291 e. The van der Waals surface area contributed by atoms with Gasteiger partial charge in [-0.1, -0.05) is 30.3 Å². The third kappa shape index (κ3) is 3.61. The Kier molecular flexibility index (Phi) is 4.43. The van der Waals surface area contributed by atoms with Crippen LogP contribution in [0.2, 0.25) is 0 Å². The zero-order valence-electron chi connectivity index (χ0n) is 12.8. The van der Waals surface area contributed by atoms with Crippen LogP contribution in [-0.2, 0) is 6.42 Å². The monoisotopic (exact) mass is 307 g/mol. The van der Waals surface area contributed by atoms with Crippen molar-refractivity contribution in [2.24, 2.45) is 0 Å². The van der Waals surface area contributed by atoms with Crippen molar-refractivity contribution in [3.63, 3.8) is 0 Å². The van der Waals surface area contributed by atoms with E-state index in [0.29, 0.717) is 5.69 Å². The Hall–Kier alpha value is -3.01. The molecule has 3 aromatic rings. The number of methoxy groups -OCH3 is 1. The minimum Gasteiger partial charge on any atom is -0.496 e. The van der Waals surface area contributed by atoms with Gasteiger partial charge in [-0.25, -0.2) is 0 Å². The molecule has 1 aromatic heterocycles. The number of carbonyl (C=O) groups excluding carboxylic acids is 1. The molecule has 1 N–H and O–H groups in total. The lowest BCUT2D eigenvalue weighted by atomic mass is 10.0. The summed E-state index contributed by atoms with van der Waals surface area (Å²) in [5, 5.41) is 2.83. The molecule has 2 aromatic carbocycles. The highest BCUT2D eigenvalue weighted by molar-refractivity contribution is 6.02. The molecule has 0 saturated heterocycles. The van der Waals surface area contributed by atoms with Crippen molar-refractivity contribution in [3.05, 3.63) is 83.8 Å². The Balaban J connectivity index is 1.82. The number of anilines is 1. The lowest BCUT2D eigenvalue weighted by Crippen LogP contribution is -2.11. The molecule has 23 heavy (non-hydrogen) atoms. The normalized spacial score (nSPS) is 10.3. The van der Waals surface area contributed by atoms with Crippen LogP contribution in [0.25, 0.3) is 0 Å². The number of amides is 1. The van der Waals surface area contributed by atoms with Crippen molar-refractivity contribution in [1.82, 2.24) is 0 Å². The lowest BCUT2D eigenvalue weighted by molar-refractivity contribution is 0.0996. The van der Waals surface area contributed by atoms with E-state index in [2.05, 4.69) is 17.4 Å². The number of hydrogen-bond acceptors (Lipinski definition) is 3. The summed E-state index contributed by atoms with van der Waals surface area (Å²) in [7, 11) is 1.64. The Bertz CT molecular complexity index is 780. The Labute approximate surface area is 134 Å². The SMILES string of the molecule is COc1ccc(NC(=O)c2ccco2)cc1Cc1ccccc1. The van der Waals surface area contributed by atoms with Crippen LogP contribution >= 0.6 is 0 Å². The molecule has 0 saturated carbocycles. The van der Waals surface area contributed by atoms with Crippen LogP contribution in [0.1, 0.15) is 21.7 Å². The van der Waals surface area contributed by atoms with Gasteiger partial charge in [-0.15, -0.1) is 0 Å². The van der Waals surface area contributed by atoms with Crippen molar-refractivity contribution < 1.29 is 13.9 Å². The van der Waals surface area contributed by atoms with E-state index in [-0.39, 0.29) is 11.7 Å². The molecule has 0 aliphatic carbocycles. The van der Waals surface area contributed by atoms with E-state index in [4.69, 9.17) is 9.15 Å². The van der Waals surface area contributed by atoms with Crippen molar-refractivity contribution >= 4 is 11.6 Å². The van der Waals surface area contributed by atoms with E-state index >= 15 is 0 Å².